The van der Waals surface area contributed by atoms with Crippen molar-refractivity contribution in [1.82, 2.24) is 0 Å². The highest BCUT2D eigenvalue weighted by atomic mass is 79.9. The first kappa shape index (κ1) is 18.6. The van der Waals surface area contributed by atoms with E-state index in [0.717, 1.165) is 0 Å². The average Bonchev–Trinajstić information content (AvgIpc) is 1.82. The van der Waals surface area contributed by atoms with Crippen LogP contribution in [-0.4, -0.2) is 22.2 Å². The molecule has 0 aromatic carbocycles. The Labute approximate surface area is 97.9 Å². The summed E-state index contributed by atoms with van der Waals surface area (Å²) in [5, 5.41) is 16.6. The van der Waals surface area contributed by atoms with Crippen molar-refractivity contribution in [3.05, 3.63) is 0 Å². The summed E-state index contributed by atoms with van der Waals surface area (Å²) < 4.78 is 0. The van der Waals surface area contributed by atoms with Gasteiger partial charge in [-0.05, 0) is 12.3 Å². The summed E-state index contributed by atoms with van der Waals surface area (Å²) in [5.74, 6) is -1.80. The van der Waals surface area contributed by atoms with Gasteiger partial charge in [-0.25, -0.2) is 0 Å². The number of halogens is 2. The standard InChI is InChI=1S/C7H12O4.2BrH/c1-5(4-7(10)11)2-3-6(8)9;;/h5H,2-4H2,1H3,(H,8,9)(H,10,11);2*1H. The lowest BCUT2D eigenvalue weighted by molar-refractivity contribution is -0.140. The van der Waals surface area contributed by atoms with Crippen molar-refractivity contribution >= 4 is 45.9 Å². The molecule has 0 aliphatic rings. The smallest absolute Gasteiger partial charge is 0.303 e. The molecule has 0 aliphatic heterocycles. The molecule has 0 saturated carbocycles. The van der Waals surface area contributed by atoms with Crippen molar-refractivity contribution in [2.75, 3.05) is 0 Å². The number of hydrogen-bond donors (Lipinski definition) is 2. The van der Waals surface area contributed by atoms with Crippen LogP contribution in [0.3, 0.4) is 0 Å². The molecule has 0 heterocycles. The molecule has 1 unspecified atom stereocenters. The number of carboxylic acid groups (broad SMARTS) is 2. The Kier molecular flexibility index (Phi) is 14.3. The largest absolute Gasteiger partial charge is 0.481 e. The second kappa shape index (κ2) is 9.98. The molecule has 0 spiro atoms. The lowest BCUT2D eigenvalue weighted by Gasteiger charge is -2.04. The Morgan fingerprint density at radius 2 is 1.62 bits per heavy atom. The summed E-state index contributed by atoms with van der Waals surface area (Å²) in [7, 11) is 0. The predicted molar refractivity (Wildman–Crippen MR) is 58.9 cm³/mol. The van der Waals surface area contributed by atoms with Crippen molar-refractivity contribution < 1.29 is 19.8 Å². The number of rotatable bonds is 5. The predicted octanol–water partition coefficient (Wildman–Crippen LogP) is 2.12. The lowest BCUT2D eigenvalue weighted by Crippen LogP contribution is -2.06. The Morgan fingerprint density at radius 1 is 1.15 bits per heavy atom. The Bertz CT molecular complexity index is 161. The van der Waals surface area contributed by atoms with Crippen LogP contribution in [0.5, 0.6) is 0 Å². The molecule has 0 saturated heterocycles. The zero-order valence-corrected chi connectivity index (χ0v) is 10.7. The van der Waals surface area contributed by atoms with Crippen LogP contribution in [0.4, 0.5) is 0 Å². The maximum Gasteiger partial charge on any atom is 0.303 e. The quantitative estimate of drug-likeness (QED) is 0.813. The second-order valence-corrected chi connectivity index (χ2v) is 2.64. The van der Waals surface area contributed by atoms with E-state index in [-0.39, 0.29) is 52.7 Å². The fourth-order valence-corrected chi connectivity index (χ4v) is 0.770. The monoisotopic (exact) mass is 320 g/mol. The molecule has 80 valence electrons. The van der Waals surface area contributed by atoms with Crippen LogP contribution in [0.15, 0.2) is 0 Å². The van der Waals surface area contributed by atoms with Gasteiger partial charge in [0.15, 0.2) is 0 Å². The molecule has 4 nitrogen and oxygen atoms in total. The molecule has 13 heavy (non-hydrogen) atoms. The third-order valence-electron chi connectivity index (χ3n) is 1.37. The maximum atomic E-state index is 10.1. The van der Waals surface area contributed by atoms with Gasteiger partial charge in [-0.3, -0.25) is 9.59 Å². The molecule has 0 radical (unpaired) electrons. The van der Waals surface area contributed by atoms with Gasteiger partial charge in [0.1, 0.15) is 0 Å². The van der Waals surface area contributed by atoms with Crippen molar-refractivity contribution in [2.45, 2.75) is 26.2 Å². The minimum atomic E-state index is -0.873. The van der Waals surface area contributed by atoms with Crippen LogP contribution < -0.4 is 0 Å². The Hall–Kier alpha value is -0.100. The highest BCUT2D eigenvalue weighted by molar-refractivity contribution is 8.93. The van der Waals surface area contributed by atoms with Crippen molar-refractivity contribution in [2.24, 2.45) is 5.92 Å². The third kappa shape index (κ3) is 14.7. The van der Waals surface area contributed by atoms with Crippen molar-refractivity contribution in [3.63, 3.8) is 0 Å². The first-order valence-corrected chi connectivity index (χ1v) is 3.46. The average molecular weight is 322 g/mol. The van der Waals surface area contributed by atoms with E-state index in [2.05, 4.69) is 0 Å². The number of aliphatic carboxylic acids is 2. The van der Waals surface area contributed by atoms with E-state index in [1.165, 1.54) is 0 Å². The van der Waals surface area contributed by atoms with Crippen LogP contribution >= 0.6 is 34.0 Å². The van der Waals surface area contributed by atoms with E-state index in [0.29, 0.717) is 6.42 Å². The van der Waals surface area contributed by atoms with Crippen LogP contribution in [-0.2, 0) is 9.59 Å². The van der Waals surface area contributed by atoms with E-state index in [1.54, 1.807) is 6.92 Å². The SMILES string of the molecule is Br.Br.CC(CCC(=O)O)CC(=O)O. The summed E-state index contributed by atoms with van der Waals surface area (Å²) in [6.45, 7) is 1.73. The molecule has 1 atom stereocenters. The molecule has 6 heteroatoms. The molecular formula is C7H14Br2O4. The zero-order chi connectivity index (χ0) is 8.85. The van der Waals surface area contributed by atoms with Gasteiger partial charge >= 0.3 is 11.9 Å². The molecule has 0 amide bonds. The molecule has 0 aromatic rings. The summed E-state index contributed by atoms with van der Waals surface area (Å²) >= 11 is 0. The minimum Gasteiger partial charge on any atom is -0.481 e. The summed E-state index contributed by atoms with van der Waals surface area (Å²) in [4.78, 5) is 20.1. The first-order chi connectivity index (χ1) is 5.02. The number of hydrogen-bond acceptors (Lipinski definition) is 2. The minimum absolute atomic E-state index is 0. The summed E-state index contributed by atoms with van der Waals surface area (Å²) in [6.07, 6.45) is 0.531. The van der Waals surface area contributed by atoms with Gasteiger partial charge in [0, 0.05) is 12.8 Å². The van der Waals surface area contributed by atoms with Gasteiger partial charge in [0.05, 0.1) is 0 Å². The first-order valence-electron chi connectivity index (χ1n) is 3.46. The van der Waals surface area contributed by atoms with E-state index < -0.39 is 11.9 Å². The highest BCUT2D eigenvalue weighted by Gasteiger charge is 2.08. The van der Waals surface area contributed by atoms with Gasteiger partial charge in [-0.2, -0.15) is 0 Å². The van der Waals surface area contributed by atoms with Crippen LogP contribution in [0.2, 0.25) is 0 Å². The summed E-state index contributed by atoms with van der Waals surface area (Å²) in [6, 6.07) is 0. The van der Waals surface area contributed by atoms with Gasteiger partial charge in [0.2, 0.25) is 0 Å². The van der Waals surface area contributed by atoms with Gasteiger partial charge in [-0.15, -0.1) is 34.0 Å². The van der Waals surface area contributed by atoms with Gasteiger partial charge in [-0.1, -0.05) is 6.92 Å². The van der Waals surface area contributed by atoms with Crippen molar-refractivity contribution in [1.29, 1.82) is 0 Å². The number of carbonyl (C=O) groups is 2. The van der Waals surface area contributed by atoms with E-state index in [4.69, 9.17) is 10.2 Å². The Balaban J connectivity index is -0.000000500. The molecule has 0 bridgehead atoms. The lowest BCUT2D eigenvalue weighted by atomic mass is 10.0. The van der Waals surface area contributed by atoms with E-state index in [9.17, 15) is 9.59 Å². The third-order valence-corrected chi connectivity index (χ3v) is 1.37. The zero-order valence-electron chi connectivity index (χ0n) is 7.23. The molecular weight excluding hydrogens is 308 g/mol. The molecule has 0 rings (SSSR count). The molecule has 2 N–H and O–H groups in total. The van der Waals surface area contributed by atoms with Gasteiger partial charge in [0.25, 0.3) is 0 Å². The van der Waals surface area contributed by atoms with Crippen LogP contribution in [0, 0.1) is 5.92 Å². The summed E-state index contributed by atoms with van der Waals surface area (Å²) in [5.41, 5.74) is 0. The second-order valence-electron chi connectivity index (χ2n) is 2.64. The van der Waals surface area contributed by atoms with E-state index in [1.807, 2.05) is 0 Å². The maximum absolute atomic E-state index is 10.1. The normalized spacial score (nSPS) is 10.5. The van der Waals surface area contributed by atoms with Crippen molar-refractivity contribution in [3.8, 4) is 0 Å². The topological polar surface area (TPSA) is 74.6 Å². The highest BCUT2D eigenvalue weighted by Crippen LogP contribution is 2.09. The fourth-order valence-electron chi connectivity index (χ4n) is 0.770. The van der Waals surface area contributed by atoms with Gasteiger partial charge < -0.3 is 10.2 Å². The van der Waals surface area contributed by atoms with E-state index >= 15 is 0 Å². The molecule has 0 aliphatic carbocycles. The number of carboxylic acids is 2. The van der Waals surface area contributed by atoms with Crippen LogP contribution in [0.1, 0.15) is 26.2 Å². The van der Waals surface area contributed by atoms with Crippen LogP contribution in [0.25, 0.3) is 0 Å². The molecule has 0 fully saturated rings. The Morgan fingerprint density at radius 3 is 1.92 bits per heavy atom. The fraction of sp³-hybridized carbons (Fsp3) is 0.714. The molecule has 0 aromatic heterocycles.